The van der Waals surface area contributed by atoms with E-state index < -0.39 is 5.97 Å². The van der Waals surface area contributed by atoms with Crippen molar-refractivity contribution in [2.75, 3.05) is 13.1 Å². The van der Waals surface area contributed by atoms with E-state index >= 15 is 0 Å². The Morgan fingerprint density at radius 2 is 2.00 bits per heavy atom. The molecule has 0 radical (unpaired) electrons. The highest BCUT2D eigenvalue weighted by atomic mass is 16.4. The van der Waals surface area contributed by atoms with Gasteiger partial charge in [-0.15, -0.1) is 0 Å². The number of carboxylic acids is 1. The molecule has 3 rings (SSSR count). The van der Waals surface area contributed by atoms with Crippen molar-refractivity contribution in [3.63, 3.8) is 0 Å². The van der Waals surface area contributed by atoms with Gasteiger partial charge in [0.2, 0.25) is 0 Å². The van der Waals surface area contributed by atoms with Crippen molar-refractivity contribution in [1.82, 2.24) is 9.88 Å². The fraction of sp³-hybridized carbons (Fsp3) is 0.250. The van der Waals surface area contributed by atoms with Crippen molar-refractivity contribution in [2.24, 2.45) is 0 Å². The van der Waals surface area contributed by atoms with Gasteiger partial charge in [0.05, 0.1) is 12.6 Å². The largest absolute Gasteiger partial charge is 0.480 e. The summed E-state index contributed by atoms with van der Waals surface area (Å²) < 4.78 is 0. The van der Waals surface area contributed by atoms with Crippen molar-refractivity contribution >= 4 is 5.97 Å². The Kier molecular flexibility index (Phi) is 3.48. The molecule has 1 unspecified atom stereocenters. The third-order valence-electron chi connectivity index (χ3n) is 3.74. The highest BCUT2D eigenvalue weighted by Gasteiger charge is 2.29. The molecule has 0 saturated heterocycles. The Labute approximate surface area is 117 Å². The fourth-order valence-electron chi connectivity index (χ4n) is 2.90. The summed E-state index contributed by atoms with van der Waals surface area (Å²) in [6, 6.07) is 12.2. The third-order valence-corrected chi connectivity index (χ3v) is 3.74. The van der Waals surface area contributed by atoms with Gasteiger partial charge in [0.15, 0.2) is 0 Å². The van der Waals surface area contributed by atoms with Crippen molar-refractivity contribution in [3.8, 4) is 0 Å². The zero-order chi connectivity index (χ0) is 13.9. The van der Waals surface area contributed by atoms with Crippen LogP contribution < -0.4 is 0 Å². The molecule has 1 aromatic carbocycles. The lowest BCUT2D eigenvalue weighted by molar-refractivity contribution is -0.138. The maximum Gasteiger partial charge on any atom is 0.317 e. The standard InChI is InChI=1S/C16H16N2O2/c19-15(20)11-18-10-7-12-3-1-2-4-14(12)16(18)13-5-8-17-9-6-13/h1-6,8-9,16H,7,10-11H2,(H,19,20). The van der Waals surface area contributed by atoms with E-state index in [2.05, 4.69) is 17.1 Å². The van der Waals surface area contributed by atoms with Gasteiger partial charge in [-0.25, -0.2) is 0 Å². The minimum absolute atomic E-state index is 0.000880. The molecule has 2 heterocycles. The molecule has 1 N–H and O–H groups in total. The van der Waals surface area contributed by atoms with Crippen LogP contribution in [-0.2, 0) is 11.2 Å². The van der Waals surface area contributed by atoms with Crippen LogP contribution in [0.4, 0.5) is 0 Å². The smallest absolute Gasteiger partial charge is 0.317 e. The predicted molar refractivity (Wildman–Crippen MR) is 75.4 cm³/mol. The summed E-state index contributed by atoms with van der Waals surface area (Å²) >= 11 is 0. The molecule has 1 aliphatic rings. The van der Waals surface area contributed by atoms with Gasteiger partial charge in [-0.1, -0.05) is 24.3 Å². The molecule has 0 spiro atoms. The second-order valence-electron chi connectivity index (χ2n) is 5.00. The van der Waals surface area contributed by atoms with E-state index in [-0.39, 0.29) is 12.6 Å². The van der Waals surface area contributed by atoms with Crippen molar-refractivity contribution in [1.29, 1.82) is 0 Å². The highest BCUT2D eigenvalue weighted by Crippen LogP contribution is 2.34. The molecule has 0 fully saturated rings. The van der Waals surface area contributed by atoms with Gasteiger partial charge in [-0.05, 0) is 35.2 Å². The molecule has 1 atom stereocenters. The summed E-state index contributed by atoms with van der Waals surface area (Å²) in [5.74, 6) is -0.788. The average Bonchev–Trinajstić information content (AvgIpc) is 2.47. The number of rotatable bonds is 3. The highest BCUT2D eigenvalue weighted by molar-refractivity contribution is 5.69. The first-order chi connectivity index (χ1) is 9.75. The lowest BCUT2D eigenvalue weighted by Gasteiger charge is -2.36. The molecule has 4 heteroatoms. The molecule has 102 valence electrons. The zero-order valence-electron chi connectivity index (χ0n) is 11.1. The Balaban J connectivity index is 2.05. The maximum atomic E-state index is 11.1. The van der Waals surface area contributed by atoms with Gasteiger partial charge in [-0.3, -0.25) is 14.7 Å². The van der Waals surface area contributed by atoms with E-state index in [0.717, 1.165) is 18.5 Å². The van der Waals surface area contributed by atoms with Crippen LogP contribution in [0, 0.1) is 0 Å². The first-order valence-electron chi connectivity index (χ1n) is 6.69. The number of hydrogen-bond acceptors (Lipinski definition) is 3. The van der Waals surface area contributed by atoms with Crippen molar-refractivity contribution in [2.45, 2.75) is 12.5 Å². The van der Waals surface area contributed by atoms with E-state index in [0.29, 0.717) is 0 Å². The number of hydrogen-bond donors (Lipinski definition) is 1. The average molecular weight is 268 g/mol. The van der Waals surface area contributed by atoms with Gasteiger partial charge in [0.25, 0.3) is 0 Å². The van der Waals surface area contributed by atoms with E-state index in [1.165, 1.54) is 11.1 Å². The van der Waals surface area contributed by atoms with E-state index in [1.54, 1.807) is 12.4 Å². The van der Waals surface area contributed by atoms with E-state index in [9.17, 15) is 4.79 Å². The van der Waals surface area contributed by atoms with Gasteiger partial charge in [0.1, 0.15) is 0 Å². The van der Waals surface area contributed by atoms with Crippen LogP contribution in [0.15, 0.2) is 48.8 Å². The summed E-state index contributed by atoms with van der Waals surface area (Å²) in [4.78, 5) is 17.2. The van der Waals surface area contributed by atoms with Gasteiger partial charge in [-0.2, -0.15) is 0 Å². The topological polar surface area (TPSA) is 53.4 Å². The zero-order valence-corrected chi connectivity index (χ0v) is 11.1. The second-order valence-corrected chi connectivity index (χ2v) is 5.00. The number of benzene rings is 1. The summed E-state index contributed by atoms with van der Waals surface area (Å²) in [5, 5.41) is 9.12. The predicted octanol–water partition coefficient (Wildman–Crippen LogP) is 2.11. The minimum Gasteiger partial charge on any atom is -0.480 e. The van der Waals surface area contributed by atoms with E-state index in [1.807, 2.05) is 29.2 Å². The monoisotopic (exact) mass is 268 g/mol. The van der Waals surface area contributed by atoms with Gasteiger partial charge >= 0.3 is 5.97 Å². The van der Waals surface area contributed by atoms with Crippen LogP contribution in [0.1, 0.15) is 22.7 Å². The molecule has 2 aromatic rings. The molecular formula is C16H16N2O2. The van der Waals surface area contributed by atoms with Crippen LogP contribution in [0.25, 0.3) is 0 Å². The Morgan fingerprint density at radius 1 is 1.25 bits per heavy atom. The van der Waals surface area contributed by atoms with Crippen molar-refractivity contribution in [3.05, 3.63) is 65.5 Å². The van der Waals surface area contributed by atoms with Crippen molar-refractivity contribution < 1.29 is 9.90 Å². The van der Waals surface area contributed by atoms with E-state index in [4.69, 9.17) is 5.11 Å². The summed E-state index contributed by atoms with van der Waals surface area (Å²) in [6.07, 6.45) is 4.40. The number of aromatic nitrogens is 1. The number of pyridine rings is 1. The normalized spacial score (nSPS) is 18.5. The number of fused-ring (bicyclic) bond motifs is 1. The second kappa shape index (κ2) is 5.43. The molecular weight excluding hydrogens is 252 g/mol. The van der Waals surface area contributed by atoms with Crippen LogP contribution in [-0.4, -0.2) is 34.0 Å². The molecule has 1 aromatic heterocycles. The lowest BCUT2D eigenvalue weighted by atomic mass is 9.88. The molecule has 20 heavy (non-hydrogen) atoms. The number of aliphatic carboxylic acids is 1. The SMILES string of the molecule is O=C(O)CN1CCc2ccccc2C1c1ccncc1. The van der Waals surface area contributed by atoms with Crippen LogP contribution in [0.2, 0.25) is 0 Å². The minimum atomic E-state index is -0.788. The first-order valence-corrected chi connectivity index (χ1v) is 6.69. The number of carbonyl (C=O) groups is 1. The summed E-state index contributed by atoms with van der Waals surface area (Å²) in [5.41, 5.74) is 3.59. The first kappa shape index (κ1) is 12.8. The quantitative estimate of drug-likeness (QED) is 0.926. The van der Waals surface area contributed by atoms with Gasteiger partial charge in [0, 0.05) is 18.9 Å². The van der Waals surface area contributed by atoms with Crippen LogP contribution in [0.5, 0.6) is 0 Å². The summed E-state index contributed by atoms with van der Waals surface area (Å²) in [6.45, 7) is 0.817. The molecule has 0 amide bonds. The molecule has 4 nitrogen and oxygen atoms in total. The lowest BCUT2D eigenvalue weighted by Crippen LogP contribution is -2.39. The fourth-order valence-corrected chi connectivity index (χ4v) is 2.90. The van der Waals surface area contributed by atoms with Crippen LogP contribution >= 0.6 is 0 Å². The number of nitrogens with zero attached hydrogens (tertiary/aromatic N) is 2. The maximum absolute atomic E-state index is 11.1. The Hall–Kier alpha value is -2.20. The Morgan fingerprint density at radius 3 is 2.75 bits per heavy atom. The third kappa shape index (κ3) is 2.42. The molecule has 0 aliphatic carbocycles. The molecule has 1 aliphatic heterocycles. The van der Waals surface area contributed by atoms with Crippen LogP contribution in [0.3, 0.4) is 0 Å². The Bertz CT molecular complexity index is 613. The molecule has 0 bridgehead atoms. The van der Waals surface area contributed by atoms with Gasteiger partial charge < -0.3 is 5.11 Å². The number of carboxylic acid groups (broad SMARTS) is 1. The molecule has 0 saturated carbocycles. The summed E-state index contributed by atoms with van der Waals surface area (Å²) in [7, 11) is 0.